The lowest BCUT2D eigenvalue weighted by Gasteiger charge is -2.21. The number of allylic oxidation sites excluding steroid dienone is 32. The van der Waals surface area contributed by atoms with Gasteiger partial charge in [-0.1, -0.05) is 215 Å². The molecule has 0 saturated heterocycles. The fourth-order valence-electron chi connectivity index (χ4n) is 7.41. The number of hydrogen-bond donors (Lipinski definition) is 4. The molecule has 0 saturated carbocycles. The number of phosphoric ester groups is 2. The van der Waals surface area contributed by atoms with Crippen LogP contribution in [0.5, 0.6) is 0 Å². The Morgan fingerprint density at radius 2 is 0.549 bits per heavy atom. The van der Waals surface area contributed by atoms with Gasteiger partial charge in [0.15, 0.2) is 6.10 Å². The first kappa shape index (κ1) is 85.4. The van der Waals surface area contributed by atoms with E-state index in [-0.39, 0.29) is 19.3 Å². The summed E-state index contributed by atoms with van der Waals surface area (Å²) in [6.07, 6.45) is 82.2. The van der Waals surface area contributed by atoms with Crippen LogP contribution in [0.2, 0.25) is 0 Å². The molecule has 0 aliphatic heterocycles. The van der Waals surface area contributed by atoms with E-state index in [0.29, 0.717) is 32.1 Å². The van der Waals surface area contributed by atoms with Gasteiger partial charge >= 0.3 is 33.6 Å². The molecule has 0 aliphatic carbocycles. The minimum atomic E-state index is -4.97. The van der Waals surface area contributed by atoms with Crippen LogP contribution < -0.4 is 0 Å². The summed E-state index contributed by atoms with van der Waals surface area (Å²) in [7, 11) is -9.84. The Morgan fingerprint density at radius 1 is 0.308 bits per heavy atom. The third-order valence-electron chi connectivity index (χ3n) is 12.3. The molecule has 18 heteroatoms. The van der Waals surface area contributed by atoms with E-state index in [1.807, 2.05) is 24.3 Å². The van der Waals surface area contributed by atoms with Crippen molar-refractivity contribution >= 4 is 33.6 Å². The van der Waals surface area contributed by atoms with Crippen LogP contribution in [-0.2, 0) is 55.8 Å². The monoisotopic (exact) mass is 1310 g/mol. The van der Waals surface area contributed by atoms with E-state index in [2.05, 4.69) is 191 Å². The van der Waals surface area contributed by atoms with Gasteiger partial charge in [0.1, 0.15) is 25.4 Å². The maximum atomic E-state index is 12.9. The Kier molecular flexibility index (Phi) is 60.5. The van der Waals surface area contributed by atoms with Crippen LogP contribution >= 0.6 is 15.6 Å². The summed E-state index contributed by atoms with van der Waals surface area (Å²) < 4.78 is 60.6. The van der Waals surface area contributed by atoms with Crippen LogP contribution in [0.1, 0.15) is 188 Å². The average Bonchev–Trinajstić information content (AvgIpc) is 3.74. The Morgan fingerprint density at radius 3 is 0.868 bits per heavy atom. The van der Waals surface area contributed by atoms with E-state index < -0.39 is 91.5 Å². The first-order valence-electron chi connectivity index (χ1n) is 32.7. The van der Waals surface area contributed by atoms with E-state index >= 15 is 0 Å². The highest BCUT2D eigenvalue weighted by Gasteiger charge is 2.29. The zero-order valence-corrected chi connectivity index (χ0v) is 56.7. The SMILES string of the molecule is CC/C=C\C/C=C\C/C=C\C/C=C\C/C=C\C/C=C\CCCCC(=O)OCC(O)COP(=O)(O)OCC(O)COP(=O)(O)OCC(COC(=O)CCC/C=C\C/C=C\C/C=C\C/C=C\C/C=C\CC)OC(=O)CCC/C=C\C/C=C\C/C=C\C/C=C\C/C=C\CC. The normalized spacial score (nSPS) is 15.5. The first-order chi connectivity index (χ1) is 44.2. The van der Waals surface area contributed by atoms with Gasteiger partial charge in [-0.05, 0) is 148 Å². The molecule has 4 N–H and O–H groups in total. The Labute approximate surface area is 547 Å². The molecular formula is C73H112O16P2. The fraction of sp³-hybridized carbons (Fsp3) is 0.521. The van der Waals surface area contributed by atoms with Gasteiger partial charge in [-0.15, -0.1) is 0 Å². The third-order valence-corrected chi connectivity index (χ3v) is 14.2. The third kappa shape index (κ3) is 65.7. The van der Waals surface area contributed by atoms with Gasteiger partial charge in [0.05, 0.1) is 26.4 Å². The molecule has 510 valence electrons. The van der Waals surface area contributed by atoms with Crippen molar-refractivity contribution in [3.05, 3.63) is 194 Å². The fourth-order valence-corrected chi connectivity index (χ4v) is 8.99. The second kappa shape index (κ2) is 64.5. The van der Waals surface area contributed by atoms with Crippen molar-refractivity contribution in [2.24, 2.45) is 0 Å². The van der Waals surface area contributed by atoms with Crippen molar-refractivity contribution in [1.82, 2.24) is 0 Å². The van der Waals surface area contributed by atoms with E-state index in [1.165, 1.54) is 0 Å². The maximum absolute atomic E-state index is 12.9. The van der Waals surface area contributed by atoms with Gasteiger partial charge in [-0.25, -0.2) is 9.13 Å². The standard InChI is InChI=1S/C73H112O16P2/c1-4-7-10-13-16-19-22-25-28-31-32-33-34-37-39-41-44-47-50-53-56-59-71(76)83-62-68(74)63-85-90(79,80)86-64-69(75)65-87-91(81,82)88-67-70(89-73(78)61-58-55-52-49-46-43-40-36-30-27-24-21-18-15-12-9-6-3)66-84-72(77)60-57-54-51-48-45-42-38-35-29-26-23-20-17-14-11-8-5-2/h7-12,16-21,25-30,32-33,37-40,42-44,47-49,51-52,68-70,74-75H,4-6,13-15,22-24,31,34-36,41,45-46,50,53-67H2,1-3H3,(H,79,80)(H,81,82)/b10-7-,11-8-,12-9-,19-16-,20-17-,21-18-,28-25-,29-26-,30-27-,33-32-,39-37-,42-38-,43-40-,47-44-,51-48-,52-49-. The summed E-state index contributed by atoms with van der Waals surface area (Å²) >= 11 is 0. The largest absolute Gasteiger partial charge is 0.472 e. The van der Waals surface area contributed by atoms with Gasteiger partial charge in [-0.3, -0.25) is 32.5 Å². The number of phosphoric acid groups is 2. The minimum absolute atomic E-state index is 0.00361. The predicted octanol–water partition coefficient (Wildman–Crippen LogP) is 18.1. The van der Waals surface area contributed by atoms with Crippen molar-refractivity contribution < 1.29 is 75.8 Å². The number of esters is 3. The van der Waals surface area contributed by atoms with Crippen molar-refractivity contribution in [2.45, 2.75) is 206 Å². The molecule has 0 radical (unpaired) electrons. The van der Waals surface area contributed by atoms with Crippen LogP contribution in [0.25, 0.3) is 0 Å². The van der Waals surface area contributed by atoms with Crippen LogP contribution in [0.3, 0.4) is 0 Å². The number of carbonyl (C=O) groups excluding carboxylic acids is 3. The summed E-state index contributed by atoms with van der Waals surface area (Å²) in [5.74, 6) is -1.78. The topological polar surface area (TPSA) is 231 Å². The molecule has 0 fully saturated rings. The molecule has 0 aromatic carbocycles. The second-order valence-corrected chi connectivity index (χ2v) is 23.7. The predicted molar refractivity (Wildman–Crippen MR) is 371 cm³/mol. The van der Waals surface area contributed by atoms with E-state index in [4.69, 9.17) is 32.3 Å². The number of rotatable bonds is 59. The maximum Gasteiger partial charge on any atom is 0.472 e. The molecule has 0 heterocycles. The van der Waals surface area contributed by atoms with Gasteiger partial charge in [0.2, 0.25) is 0 Å². The summed E-state index contributed by atoms with van der Waals surface area (Å²) in [6.45, 7) is 2.07. The first-order valence-corrected chi connectivity index (χ1v) is 35.7. The minimum Gasteiger partial charge on any atom is -0.463 e. The summed E-state index contributed by atoms with van der Waals surface area (Å²) in [4.78, 5) is 58.3. The molecule has 16 nitrogen and oxygen atoms in total. The van der Waals surface area contributed by atoms with Crippen molar-refractivity contribution in [3.63, 3.8) is 0 Å². The molecule has 5 unspecified atom stereocenters. The van der Waals surface area contributed by atoms with Crippen molar-refractivity contribution in [1.29, 1.82) is 0 Å². The lowest BCUT2D eigenvalue weighted by atomic mass is 10.2. The van der Waals surface area contributed by atoms with E-state index in [0.717, 1.165) is 116 Å². The van der Waals surface area contributed by atoms with Gasteiger partial charge in [0, 0.05) is 19.3 Å². The number of aliphatic hydroxyl groups is 2. The Balaban J connectivity index is 4.86. The number of carbonyl (C=O) groups is 3. The lowest BCUT2D eigenvalue weighted by Crippen LogP contribution is -2.30. The van der Waals surface area contributed by atoms with Crippen LogP contribution in [-0.4, -0.2) is 95.9 Å². The Bertz CT molecular complexity index is 2430. The molecule has 0 aromatic heterocycles. The van der Waals surface area contributed by atoms with E-state index in [1.54, 1.807) is 0 Å². The summed E-state index contributed by atoms with van der Waals surface area (Å²) in [5, 5.41) is 20.5. The smallest absolute Gasteiger partial charge is 0.463 e. The lowest BCUT2D eigenvalue weighted by molar-refractivity contribution is -0.161. The highest BCUT2D eigenvalue weighted by Crippen LogP contribution is 2.45. The summed E-state index contributed by atoms with van der Waals surface area (Å²) in [5.41, 5.74) is 0. The average molecular weight is 1310 g/mol. The van der Waals surface area contributed by atoms with E-state index in [9.17, 15) is 43.5 Å². The van der Waals surface area contributed by atoms with Crippen molar-refractivity contribution in [2.75, 3.05) is 39.6 Å². The number of hydrogen-bond acceptors (Lipinski definition) is 14. The zero-order chi connectivity index (χ0) is 66.7. The highest BCUT2D eigenvalue weighted by atomic mass is 31.2. The molecule has 0 rings (SSSR count). The number of unbranched alkanes of at least 4 members (excludes halogenated alkanes) is 4. The highest BCUT2D eigenvalue weighted by molar-refractivity contribution is 7.47. The molecule has 0 amide bonds. The quantitative estimate of drug-likeness (QED) is 0.0146. The van der Waals surface area contributed by atoms with Crippen molar-refractivity contribution in [3.8, 4) is 0 Å². The molecule has 0 aliphatic rings. The number of aliphatic hydroxyl groups excluding tert-OH is 2. The molecule has 0 spiro atoms. The van der Waals surface area contributed by atoms with Gasteiger partial charge in [-0.2, -0.15) is 0 Å². The molecule has 0 bridgehead atoms. The van der Waals surface area contributed by atoms with Crippen LogP contribution in [0.4, 0.5) is 0 Å². The van der Waals surface area contributed by atoms with Gasteiger partial charge < -0.3 is 34.2 Å². The van der Waals surface area contributed by atoms with Crippen LogP contribution in [0.15, 0.2) is 194 Å². The van der Waals surface area contributed by atoms with Crippen LogP contribution in [0, 0.1) is 0 Å². The van der Waals surface area contributed by atoms with Gasteiger partial charge in [0.25, 0.3) is 0 Å². The molecule has 91 heavy (non-hydrogen) atoms. The zero-order valence-electron chi connectivity index (χ0n) is 54.9. The molecular weight excluding hydrogens is 1190 g/mol. The molecule has 5 atom stereocenters. The Hall–Kier alpha value is -5.61. The molecule has 0 aromatic rings. The number of ether oxygens (including phenoxy) is 3. The second-order valence-electron chi connectivity index (χ2n) is 20.8. The summed E-state index contributed by atoms with van der Waals surface area (Å²) in [6, 6.07) is 0.